The number of pyridine rings is 1. The number of hydrogen-bond donors (Lipinski definition) is 0. The number of halogens is 2. The van der Waals surface area contributed by atoms with Crippen molar-refractivity contribution in [3.05, 3.63) is 24.0 Å². The van der Waals surface area contributed by atoms with Crippen molar-refractivity contribution in [2.75, 3.05) is 49.3 Å². The maximum absolute atomic E-state index is 13.7. The second kappa shape index (κ2) is 8.23. The Labute approximate surface area is 180 Å². The minimum absolute atomic E-state index is 0.152. The molecular formula is C21H28F2N6O2. The number of anilines is 2. The molecule has 4 heterocycles. The van der Waals surface area contributed by atoms with Gasteiger partial charge in [-0.1, -0.05) is 0 Å². The molecule has 0 atom stereocenters. The van der Waals surface area contributed by atoms with E-state index >= 15 is 0 Å². The molecule has 2 aliphatic rings. The molecule has 31 heavy (non-hydrogen) atoms. The molecule has 0 spiro atoms. The summed E-state index contributed by atoms with van der Waals surface area (Å²) in [6.07, 6.45) is 0.0741. The number of ether oxygens (including phenoxy) is 2. The molecule has 2 saturated heterocycles. The largest absolute Gasteiger partial charge is 0.377 e. The molecule has 0 amide bonds. The average Bonchev–Trinajstić information content (AvgIpc) is 2.72. The number of morpholine rings is 2. The summed E-state index contributed by atoms with van der Waals surface area (Å²) < 4.78 is 38.7. The molecule has 8 nitrogen and oxygen atoms in total. The molecule has 10 heteroatoms. The van der Waals surface area contributed by atoms with Crippen molar-refractivity contribution in [3.8, 4) is 11.4 Å². The zero-order valence-corrected chi connectivity index (χ0v) is 18.3. The lowest BCUT2D eigenvalue weighted by atomic mass is 10.0. The minimum atomic E-state index is -2.67. The highest BCUT2D eigenvalue weighted by molar-refractivity contribution is 5.62. The van der Waals surface area contributed by atoms with Crippen molar-refractivity contribution in [1.82, 2.24) is 19.9 Å². The zero-order valence-electron chi connectivity index (χ0n) is 18.3. The van der Waals surface area contributed by atoms with Gasteiger partial charge in [0.15, 0.2) is 5.82 Å². The van der Waals surface area contributed by atoms with E-state index in [9.17, 15) is 8.78 Å². The lowest BCUT2D eigenvalue weighted by Crippen LogP contribution is -2.55. The van der Waals surface area contributed by atoms with Crippen LogP contribution in [0.2, 0.25) is 0 Å². The van der Waals surface area contributed by atoms with E-state index in [1.54, 1.807) is 0 Å². The first kappa shape index (κ1) is 21.8. The Morgan fingerprint density at radius 2 is 1.45 bits per heavy atom. The van der Waals surface area contributed by atoms with Crippen LogP contribution in [0.25, 0.3) is 11.4 Å². The van der Waals surface area contributed by atoms with Crippen LogP contribution in [0.4, 0.5) is 20.7 Å². The molecule has 2 fully saturated rings. The second-order valence-electron chi connectivity index (χ2n) is 9.06. The van der Waals surface area contributed by atoms with Crippen LogP contribution in [-0.4, -0.2) is 70.5 Å². The molecule has 2 aromatic heterocycles. The van der Waals surface area contributed by atoms with Crippen molar-refractivity contribution in [3.63, 3.8) is 0 Å². The van der Waals surface area contributed by atoms with Gasteiger partial charge in [0.25, 0.3) is 6.43 Å². The van der Waals surface area contributed by atoms with Crippen molar-refractivity contribution in [2.45, 2.75) is 45.2 Å². The smallest absolute Gasteiger partial charge is 0.264 e. The first-order chi connectivity index (χ1) is 14.7. The van der Waals surface area contributed by atoms with Gasteiger partial charge in [0, 0.05) is 36.6 Å². The van der Waals surface area contributed by atoms with Gasteiger partial charge < -0.3 is 19.3 Å². The Hall–Kier alpha value is -2.46. The summed E-state index contributed by atoms with van der Waals surface area (Å²) in [5.41, 5.74) is -0.648. The van der Waals surface area contributed by atoms with E-state index in [0.29, 0.717) is 51.4 Å². The monoisotopic (exact) mass is 434 g/mol. The predicted molar refractivity (Wildman–Crippen MR) is 113 cm³/mol. The van der Waals surface area contributed by atoms with Gasteiger partial charge >= 0.3 is 0 Å². The molecule has 2 aromatic rings. The summed E-state index contributed by atoms with van der Waals surface area (Å²) >= 11 is 0. The van der Waals surface area contributed by atoms with Crippen LogP contribution in [0.15, 0.2) is 18.5 Å². The molecule has 4 rings (SSSR count). The number of hydrogen-bond acceptors (Lipinski definition) is 8. The molecule has 0 radical (unpaired) electrons. The highest BCUT2D eigenvalue weighted by atomic mass is 19.3. The second-order valence-corrected chi connectivity index (χ2v) is 9.06. The van der Waals surface area contributed by atoms with E-state index in [0.717, 1.165) is 0 Å². The summed E-state index contributed by atoms with van der Waals surface area (Å²) in [6.45, 7) is 11.5. The van der Waals surface area contributed by atoms with Crippen LogP contribution in [0.3, 0.4) is 0 Å². The highest BCUT2D eigenvalue weighted by Gasteiger charge is 2.36. The Kier molecular flexibility index (Phi) is 5.78. The van der Waals surface area contributed by atoms with E-state index in [4.69, 9.17) is 14.5 Å². The van der Waals surface area contributed by atoms with Gasteiger partial charge in [-0.05, 0) is 33.8 Å². The third kappa shape index (κ3) is 4.31. The van der Waals surface area contributed by atoms with E-state index in [1.807, 2.05) is 27.7 Å². The van der Waals surface area contributed by atoms with Crippen molar-refractivity contribution >= 4 is 11.9 Å². The summed E-state index contributed by atoms with van der Waals surface area (Å²) in [5, 5.41) is 0. The van der Waals surface area contributed by atoms with Crippen LogP contribution in [0.1, 0.15) is 39.7 Å². The van der Waals surface area contributed by atoms with Gasteiger partial charge in [-0.25, -0.2) is 8.78 Å². The van der Waals surface area contributed by atoms with Crippen LogP contribution in [0.5, 0.6) is 0 Å². The van der Waals surface area contributed by atoms with Gasteiger partial charge in [0.2, 0.25) is 11.9 Å². The van der Waals surface area contributed by atoms with Gasteiger partial charge in [-0.15, -0.1) is 0 Å². The Balaban J connectivity index is 1.87. The number of rotatable bonds is 4. The molecule has 0 N–H and O–H groups in total. The van der Waals surface area contributed by atoms with E-state index < -0.39 is 6.43 Å². The van der Waals surface area contributed by atoms with E-state index in [1.165, 1.54) is 18.5 Å². The first-order valence-corrected chi connectivity index (χ1v) is 10.4. The van der Waals surface area contributed by atoms with Gasteiger partial charge in [-0.3, -0.25) is 4.98 Å². The molecule has 168 valence electrons. The molecule has 0 aliphatic carbocycles. The number of alkyl halides is 2. The topological polar surface area (TPSA) is 76.5 Å². The lowest BCUT2D eigenvalue weighted by molar-refractivity contribution is 0.0619. The third-order valence-electron chi connectivity index (χ3n) is 5.72. The quantitative estimate of drug-likeness (QED) is 0.727. The van der Waals surface area contributed by atoms with E-state index in [-0.39, 0.29) is 28.0 Å². The Bertz CT molecular complexity index is 894. The Morgan fingerprint density at radius 1 is 0.903 bits per heavy atom. The minimum Gasteiger partial charge on any atom is -0.377 e. The van der Waals surface area contributed by atoms with Crippen molar-refractivity contribution in [2.24, 2.45) is 0 Å². The van der Waals surface area contributed by atoms with Crippen molar-refractivity contribution in [1.29, 1.82) is 0 Å². The SMILES string of the molecule is CC1(C)COCCN1c1nc(-c2cnccc2C(F)F)nc(N2CCOCC2(C)C)n1. The lowest BCUT2D eigenvalue weighted by Gasteiger charge is -2.44. The first-order valence-electron chi connectivity index (χ1n) is 10.4. The molecule has 0 saturated carbocycles. The average molecular weight is 434 g/mol. The number of nitrogens with zero attached hydrogens (tertiary/aromatic N) is 6. The molecule has 0 aromatic carbocycles. The summed E-state index contributed by atoms with van der Waals surface area (Å²) in [7, 11) is 0. The fourth-order valence-corrected chi connectivity index (χ4v) is 3.96. The molecule has 2 aliphatic heterocycles. The van der Waals surface area contributed by atoms with Crippen LogP contribution in [0, 0.1) is 0 Å². The van der Waals surface area contributed by atoms with Gasteiger partial charge in [-0.2, -0.15) is 15.0 Å². The van der Waals surface area contributed by atoms with Gasteiger partial charge in [0.05, 0.1) is 37.5 Å². The maximum Gasteiger partial charge on any atom is 0.264 e. The normalized spacial score (nSPS) is 20.9. The van der Waals surface area contributed by atoms with Gasteiger partial charge in [0.1, 0.15) is 0 Å². The van der Waals surface area contributed by atoms with Crippen LogP contribution < -0.4 is 9.80 Å². The zero-order chi connectivity index (χ0) is 22.2. The van der Waals surface area contributed by atoms with Crippen LogP contribution in [-0.2, 0) is 9.47 Å². The predicted octanol–water partition coefficient (Wildman–Crippen LogP) is 3.10. The molecule has 0 bridgehead atoms. The Morgan fingerprint density at radius 3 is 1.94 bits per heavy atom. The summed E-state index contributed by atoms with van der Waals surface area (Å²) in [4.78, 5) is 22.2. The van der Waals surface area contributed by atoms with Crippen LogP contribution >= 0.6 is 0 Å². The fraction of sp³-hybridized carbons (Fsp3) is 0.619. The number of aromatic nitrogens is 4. The summed E-state index contributed by atoms with van der Waals surface area (Å²) in [6, 6.07) is 1.31. The molecular weight excluding hydrogens is 406 g/mol. The highest BCUT2D eigenvalue weighted by Crippen LogP contribution is 2.33. The maximum atomic E-state index is 13.7. The third-order valence-corrected chi connectivity index (χ3v) is 5.72. The summed E-state index contributed by atoms with van der Waals surface area (Å²) in [5.74, 6) is 1.08. The fourth-order valence-electron chi connectivity index (χ4n) is 3.96. The van der Waals surface area contributed by atoms with Crippen molar-refractivity contribution < 1.29 is 18.3 Å². The molecule has 0 unspecified atom stereocenters. The van der Waals surface area contributed by atoms with E-state index in [2.05, 4.69) is 24.8 Å². The standard InChI is InChI=1S/C21H28F2N6O2/c1-20(2)12-30-9-7-28(20)18-25-17(15-11-24-6-5-14(15)16(22)23)26-19(27-18)29-8-10-31-13-21(29,3)4/h5-6,11,16H,7-10,12-13H2,1-4H3.